The van der Waals surface area contributed by atoms with Crippen molar-refractivity contribution < 1.29 is 15.1 Å². The van der Waals surface area contributed by atoms with E-state index in [2.05, 4.69) is 26.3 Å². The van der Waals surface area contributed by atoms with E-state index in [1.54, 1.807) is 0 Å². The van der Waals surface area contributed by atoms with Gasteiger partial charge in [-0.3, -0.25) is 9.41 Å². The summed E-state index contributed by atoms with van der Waals surface area (Å²) in [6.07, 6.45) is 0. The first-order valence-electron chi connectivity index (χ1n) is 20.0. The Balaban J connectivity index is -0.0000000210. The minimum atomic E-state index is 0. The van der Waals surface area contributed by atoms with Gasteiger partial charge in [-0.05, 0) is 0 Å². The summed E-state index contributed by atoms with van der Waals surface area (Å²) in [7, 11) is 0. The highest BCUT2D eigenvalue weighted by Crippen LogP contribution is 1.83. The van der Waals surface area contributed by atoms with E-state index in [9.17, 15) is 0 Å². The molecule has 0 bridgehead atoms. The van der Waals surface area contributed by atoms with Crippen molar-refractivity contribution in [2.75, 3.05) is 0 Å². The van der Waals surface area contributed by atoms with Gasteiger partial charge in [0.1, 0.15) is 0 Å². The summed E-state index contributed by atoms with van der Waals surface area (Å²) in [4.78, 5) is 0. The third kappa shape index (κ3) is 140. The van der Waals surface area contributed by atoms with E-state index in [4.69, 9.17) is 0 Å². The van der Waals surface area contributed by atoms with Gasteiger partial charge in [0.05, 0.1) is 0 Å². The summed E-state index contributed by atoms with van der Waals surface area (Å²) >= 11 is 0. The normalized spacial score (nSPS) is 5.75. The lowest BCUT2D eigenvalue weighted by Gasteiger charge is -1.69. The van der Waals surface area contributed by atoms with Crippen LogP contribution in [0.3, 0.4) is 0 Å². The molecule has 0 nitrogen and oxygen atoms in total. The van der Waals surface area contributed by atoms with Crippen molar-refractivity contribution in [1.29, 1.82) is 0 Å². The Kier molecular flexibility index (Phi) is 240. The minimum Gasteiger partial charge on any atom is -0.269 e. The standard InChI is InChI=1S/7C6H6.5C2H6.2C2H4.6CH4.B.2FH.4H2/c7*1-2-4-6-5-3-1;7*1-2;;;;;;;;;;;;;/h7*1-6H;5*1-2H3;2*1-2H2;6*1H4;;6*1H/i;;;;;;;;;;;;;;;;;;;;;;;4*1+1. The Morgan fingerprint density at radius 3 is 0.185 bits per heavy atom. The second-order valence-corrected chi connectivity index (χ2v) is 8.08. The molecular weight excluding hydrogens is 793 g/mol. The topological polar surface area (TPSA) is 0 Å². The zero-order valence-corrected chi connectivity index (χ0v) is 38.5. The maximum atomic E-state index is 3.00. The van der Waals surface area contributed by atoms with E-state index < -0.39 is 0 Å². The SMILES string of the molecule is C.C.C.C.C.C.C=C.C=C.CC.CC.CC.CC.CC.F.F.[2HH].[2HH].[2HH].[2HH].[B].c1ccccc1.c1ccccc1.c1ccccc1.c1ccccc1.c1ccccc1.c1ccccc1.c1ccccc1. The van der Waals surface area contributed by atoms with E-state index in [0.29, 0.717) is 0 Å². The maximum Gasteiger partial charge on any atom is 0 e. The van der Waals surface area contributed by atoms with Crippen molar-refractivity contribution in [3.63, 3.8) is 0 Å². The molecule has 0 heterocycles. The van der Waals surface area contributed by atoms with Crippen molar-refractivity contribution in [2.24, 2.45) is 0 Å². The quantitative estimate of drug-likeness (QED) is 0.105. The van der Waals surface area contributed by atoms with Crippen LogP contribution >= 0.6 is 0 Å². The van der Waals surface area contributed by atoms with Crippen molar-refractivity contribution >= 4 is 8.41 Å². The van der Waals surface area contributed by atoms with E-state index >= 15 is 0 Å². The fourth-order valence-corrected chi connectivity index (χ4v) is 2.69. The molecule has 7 aromatic carbocycles. The van der Waals surface area contributed by atoms with E-state index in [1.807, 2.05) is 324 Å². The minimum absolute atomic E-state index is 0. The fourth-order valence-electron chi connectivity index (χ4n) is 2.69. The highest BCUT2D eigenvalue weighted by molar-refractivity contribution is 5.75. The van der Waals surface area contributed by atoms with Gasteiger partial charge in [-0.15, -0.1) is 26.3 Å². The molecule has 0 aliphatic rings. The lowest BCUT2D eigenvalue weighted by atomic mass is 10.4. The second kappa shape index (κ2) is 145. The number of halogens is 2. The zero-order valence-electron chi connectivity index (χ0n) is 38.5. The van der Waals surface area contributed by atoms with Gasteiger partial charge in [0, 0.05) is 14.1 Å². The highest BCUT2D eigenvalue weighted by atomic mass is 19.0. The van der Waals surface area contributed by atoms with Gasteiger partial charge in [0.15, 0.2) is 0 Å². The van der Waals surface area contributed by atoms with Gasteiger partial charge in [-0.2, -0.15) is 0 Å². The third-order valence-corrected chi connectivity index (χ3v) is 4.67. The van der Waals surface area contributed by atoms with E-state index in [1.165, 1.54) is 0 Å². The summed E-state index contributed by atoms with van der Waals surface area (Å²) in [5.41, 5.74) is 0. The molecule has 0 atom stereocenters. The van der Waals surface area contributed by atoms with Gasteiger partial charge in [-0.25, -0.2) is 0 Å². The Bertz CT molecular complexity index is 887. The van der Waals surface area contributed by atoms with Crippen molar-refractivity contribution in [1.82, 2.24) is 0 Å². The molecule has 3 radical (unpaired) electrons. The summed E-state index contributed by atoms with van der Waals surface area (Å²) in [6.45, 7) is 32.0. The monoisotopic (exact) mass is 912 g/mol. The second-order valence-electron chi connectivity index (χ2n) is 8.08. The highest BCUT2D eigenvalue weighted by Gasteiger charge is 1.61. The number of rotatable bonds is 0. The average Bonchev–Trinajstić information content (AvgIpc) is 3.38. The van der Waals surface area contributed by atoms with Crippen LogP contribution in [0.1, 0.15) is 120 Å². The molecule has 0 aliphatic carbocycles. The van der Waals surface area contributed by atoms with Gasteiger partial charge in [-0.1, -0.05) is 369 Å². The lowest BCUT2D eigenvalue weighted by Crippen LogP contribution is -1.47. The molecule has 379 valence electrons. The number of benzene rings is 7. The number of hydrogen-bond acceptors (Lipinski definition) is 0. The molecule has 0 aromatic heterocycles. The van der Waals surface area contributed by atoms with Crippen LogP contribution in [0.15, 0.2) is 281 Å². The summed E-state index contributed by atoms with van der Waals surface area (Å²) < 4.78 is 0. The van der Waals surface area contributed by atoms with Crippen LogP contribution in [0, 0.1) is 0 Å². The van der Waals surface area contributed by atoms with Crippen LogP contribution in [-0.4, -0.2) is 8.41 Å². The van der Waals surface area contributed by atoms with Gasteiger partial charge >= 0.3 is 0 Å². The molecular formula is C62H114BF2. The van der Waals surface area contributed by atoms with Crippen molar-refractivity contribution in [3.05, 3.63) is 281 Å². The molecule has 3 heteroatoms. The largest absolute Gasteiger partial charge is 0.269 e. The smallest absolute Gasteiger partial charge is 0 e. The molecule has 0 saturated heterocycles. The van der Waals surface area contributed by atoms with Crippen molar-refractivity contribution in [2.45, 2.75) is 114 Å². The van der Waals surface area contributed by atoms with Crippen LogP contribution in [0.4, 0.5) is 9.41 Å². The average molecular weight is 912 g/mol. The number of hydrogen-bond donors (Lipinski definition) is 0. The van der Waals surface area contributed by atoms with Gasteiger partial charge < -0.3 is 0 Å². The van der Waals surface area contributed by atoms with E-state index in [0.717, 1.165) is 0 Å². The molecule has 0 amide bonds. The summed E-state index contributed by atoms with van der Waals surface area (Å²) in [6, 6.07) is 84.0. The lowest BCUT2D eigenvalue weighted by molar-refractivity contribution is 1.11. The Hall–Kier alpha value is -6.06. The molecule has 7 aromatic rings. The van der Waals surface area contributed by atoms with Crippen LogP contribution in [0.25, 0.3) is 0 Å². The zero-order chi connectivity index (χ0) is 43.7. The molecule has 65 heavy (non-hydrogen) atoms. The fraction of sp³-hybridized carbons (Fsp3) is 0.258. The van der Waals surface area contributed by atoms with Crippen LogP contribution in [-0.2, 0) is 0 Å². The van der Waals surface area contributed by atoms with Crippen LogP contribution in [0.5, 0.6) is 0 Å². The van der Waals surface area contributed by atoms with Gasteiger partial charge in [0.2, 0.25) is 0 Å². The predicted octanol–water partition coefficient (Wildman–Crippen LogP) is 23.3. The molecule has 0 N–H and O–H groups in total. The Morgan fingerprint density at radius 2 is 0.169 bits per heavy atom. The predicted molar refractivity (Wildman–Crippen MR) is 324 cm³/mol. The summed E-state index contributed by atoms with van der Waals surface area (Å²) in [5, 5.41) is 0. The molecule has 0 fully saturated rings. The third-order valence-electron chi connectivity index (χ3n) is 4.67. The molecule has 0 spiro atoms. The maximum absolute atomic E-state index is 3.00. The first-order chi connectivity index (χ1) is 28.0. The van der Waals surface area contributed by atoms with Gasteiger partial charge in [0.25, 0.3) is 0 Å². The van der Waals surface area contributed by atoms with Crippen LogP contribution in [0.2, 0.25) is 0 Å². The first kappa shape index (κ1) is 107. The Morgan fingerprint density at radius 1 is 0.154 bits per heavy atom. The molecule has 0 aliphatic heterocycles. The Labute approximate surface area is 417 Å². The summed E-state index contributed by atoms with van der Waals surface area (Å²) in [5.74, 6) is 0. The molecule has 0 unspecified atom stereocenters. The molecule has 0 saturated carbocycles. The van der Waals surface area contributed by atoms with Crippen LogP contribution < -0.4 is 0 Å². The van der Waals surface area contributed by atoms with E-state index in [-0.39, 0.29) is 68.1 Å². The first-order valence-corrected chi connectivity index (χ1v) is 20.0. The van der Waals surface area contributed by atoms with Crippen molar-refractivity contribution in [3.8, 4) is 0 Å². The molecule has 7 rings (SSSR count).